The van der Waals surface area contributed by atoms with E-state index in [1.165, 1.54) is 66.8 Å². The summed E-state index contributed by atoms with van der Waals surface area (Å²) in [4.78, 5) is 15.9. The summed E-state index contributed by atoms with van der Waals surface area (Å²) < 4.78 is 0. The lowest BCUT2D eigenvalue weighted by atomic mass is 9.67. The summed E-state index contributed by atoms with van der Waals surface area (Å²) in [5.74, 6) is 2.02. The Morgan fingerprint density at radius 2 is 0.678 bits per heavy atom. The van der Waals surface area contributed by atoms with Gasteiger partial charge in [0.15, 0.2) is 17.5 Å². The second-order valence-electron chi connectivity index (χ2n) is 21.0. The van der Waals surface area contributed by atoms with Crippen LogP contribution in [0.1, 0.15) is 128 Å². The van der Waals surface area contributed by atoms with Crippen LogP contribution in [-0.4, -0.2) is 15.0 Å². The maximum atomic E-state index is 5.40. The molecule has 3 heteroatoms. The highest BCUT2D eigenvalue weighted by Crippen LogP contribution is 2.65. The summed E-state index contributed by atoms with van der Waals surface area (Å²) in [7, 11) is 0. The highest BCUT2D eigenvalue weighted by molar-refractivity contribution is 6.00. The maximum Gasteiger partial charge on any atom is 0.164 e. The van der Waals surface area contributed by atoms with Crippen LogP contribution in [0.4, 0.5) is 0 Å². The van der Waals surface area contributed by atoms with Crippen molar-refractivity contribution in [2.24, 2.45) is 0 Å². The van der Waals surface area contributed by atoms with Gasteiger partial charge in [-0.2, -0.15) is 0 Å². The lowest BCUT2D eigenvalue weighted by Crippen LogP contribution is -2.28. The third kappa shape index (κ3) is 6.28. The highest BCUT2D eigenvalue weighted by Gasteiger charge is 2.54. The average Bonchev–Trinajstić information content (AvgIpc) is 3.66. The van der Waals surface area contributed by atoms with E-state index < -0.39 is 5.41 Å². The van der Waals surface area contributed by atoms with Crippen LogP contribution in [0.15, 0.2) is 127 Å². The molecule has 0 aliphatic heterocycles. The molecule has 6 aromatic carbocycles. The predicted octanol–water partition coefficient (Wildman–Crippen LogP) is 14.4. The topological polar surface area (TPSA) is 38.7 Å². The molecule has 0 bridgehead atoms. The maximum absolute atomic E-state index is 5.40. The molecule has 59 heavy (non-hydrogen) atoms. The molecule has 0 radical (unpaired) electrons. The van der Waals surface area contributed by atoms with Gasteiger partial charge >= 0.3 is 0 Å². The van der Waals surface area contributed by atoms with Gasteiger partial charge in [-0.1, -0.05) is 204 Å². The van der Waals surface area contributed by atoms with Crippen molar-refractivity contribution in [2.75, 3.05) is 0 Å². The van der Waals surface area contributed by atoms with Gasteiger partial charge in [0, 0.05) is 16.7 Å². The van der Waals surface area contributed by atoms with Crippen molar-refractivity contribution in [3.63, 3.8) is 0 Å². The molecule has 2 aliphatic rings. The van der Waals surface area contributed by atoms with Gasteiger partial charge in [-0.3, -0.25) is 0 Å². The third-order valence-corrected chi connectivity index (χ3v) is 12.8. The minimum atomic E-state index is -0.577. The summed E-state index contributed by atoms with van der Waals surface area (Å²) in [6.07, 6.45) is 0. The fourth-order valence-electron chi connectivity index (χ4n) is 9.29. The molecule has 0 saturated heterocycles. The largest absolute Gasteiger partial charge is 0.208 e. The molecular weight excluding hydrogens is 715 g/mol. The van der Waals surface area contributed by atoms with Crippen LogP contribution in [0.5, 0.6) is 0 Å². The molecule has 1 heterocycles. The Bertz CT molecular complexity index is 2660. The fourth-order valence-corrected chi connectivity index (χ4v) is 9.29. The Morgan fingerprint density at radius 1 is 0.322 bits per heavy atom. The minimum absolute atomic E-state index is 0.0376. The van der Waals surface area contributed by atoms with Crippen LogP contribution in [0.3, 0.4) is 0 Å². The molecule has 0 fully saturated rings. The first-order chi connectivity index (χ1) is 27.8. The first-order valence-corrected chi connectivity index (χ1v) is 21.3. The molecule has 1 aromatic heterocycles. The van der Waals surface area contributed by atoms with Crippen molar-refractivity contribution < 1.29 is 0 Å². The number of benzene rings is 6. The van der Waals surface area contributed by atoms with Gasteiger partial charge in [-0.25, -0.2) is 15.0 Å². The fraction of sp³-hybridized carbons (Fsp3) is 0.304. The molecule has 296 valence electrons. The molecule has 2 aliphatic carbocycles. The molecule has 0 amide bonds. The molecular formula is C56H57N3. The standard InChI is InChI=1S/C56H57N3/c1-52(2,3)36-23-26-40-41-27-24-37(53(4,5)6)31-45(41)56(44(40)30-36)46-32-38(54(7,8)9)25-28-42(46)48-43(29-39(33-47(48)56)55(10,11)12)51-58-49(34-19-15-13-16-20-34)57-50(59-51)35-21-17-14-18-22-35/h13-33H,1-12H3. The Labute approximate surface area is 352 Å². The van der Waals surface area contributed by atoms with E-state index in [0.717, 1.165) is 16.7 Å². The number of fused-ring (bicyclic) bond motifs is 10. The first kappa shape index (κ1) is 38.8. The van der Waals surface area contributed by atoms with Gasteiger partial charge < -0.3 is 0 Å². The summed E-state index contributed by atoms with van der Waals surface area (Å²) in [5, 5.41) is 0. The number of aromatic nitrogens is 3. The normalized spacial score (nSPS) is 14.2. The molecule has 3 nitrogen and oxygen atoms in total. The third-order valence-electron chi connectivity index (χ3n) is 12.8. The number of rotatable bonds is 3. The van der Waals surface area contributed by atoms with Gasteiger partial charge in [0.2, 0.25) is 0 Å². The summed E-state index contributed by atoms with van der Waals surface area (Å²) in [5.41, 5.74) is 17.8. The predicted molar refractivity (Wildman–Crippen MR) is 247 cm³/mol. The van der Waals surface area contributed by atoms with Crippen LogP contribution < -0.4 is 0 Å². The van der Waals surface area contributed by atoms with Gasteiger partial charge in [0.1, 0.15) is 0 Å². The van der Waals surface area contributed by atoms with Crippen molar-refractivity contribution in [1.29, 1.82) is 0 Å². The zero-order chi connectivity index (χ0) is 41.9. The monoisotopic (exact) mass is 771 g/mol. The van der Waals surface area contributed by atoms with E-state index >= 15 is 0 Å². The van der Waals surface area contributed by atoms with Crippen molar-refractivity contribution in [3.8, 4) is 56.4 Å². The van der Waals surface area contributed by atoms with Gasteiger partial charge in [-0.15, -0.1) is 0 Å². The molecule has 9 rings (SSSR count). The highest BCUT2D eigenvalue weighted by atomic mass is 15.0. The van der Waals surface area contributed by atoms with Crippen molar-refractivity contribution in [1.82, 2.24) is 15.0 Å². The summed E-state index contributed by atoms with van der Waals surface area (Å²) >= 11 is 0. The zero-order valence-corrected chi connectivity index (χ0v) is 37.0. The van der Waals surface area contributed by atoms with Crippen molar-refractivity contribution in [2.45, 2.75) is 110 Å². The molecule has 1 spiro atoms. The van der Waals surface area contributed by atoms with E-state index in [0.29, 0.717) is 17.5 Å². The van der Waals surface area contributed by atoms with Crippen LogP contribution >= 0.6 is 0 Å². The lowest BCUT2D eigenvalue weighted by Gasteiger charge is -2.34. The average molecular weight is 772 g/mol. The van der Waals surface area contributed by atoms with E-state index in [1.54, 1.807) is 0 Å². The summed E-state index contributed by atoms with van der Waals surface area (Å²) in [6, 6.07) is 47.5. The second-order valence-corrected chi connectivity index (χ2v) is 21.0. The van der Waals surface area contributed by atoms with Crippen LogP contribution in [-0.2, 0) is 27.1 Å². The minimum Gasteiger partial charge on any atom is -0.208 e. The quantitative estimate of drug-likeness (QED) is 0.180. The van der Waals surface area contributed by atoms with E-state index in [2.05, 4.69) is 198 Å². The van der Waals surface area contributed by atoms with Gasteiger partial charge in [0.05, 0.1) is 5.41 Å². The molecule has 0 N–H and O–H groups in total. The SMILES string of the molecule is CC(C)(C)c1ccc2c(c1)C1(c3cc(C(C)(C)C)ccc3-2)c2cc(C(C)(C)C)ccc2-c2c(-c3nc(-c4ccccc4)nc(-c4ccccc4)n3)cc(C(C)(C)C)cc21. The van der Waals surface area contributed by atoms with Crippen molar-refractivity contribution >= 4 is 0 Å². The van der Waals surface area contributed by atoms with Crippen LogP contribution in [0.2, 0.25) is 0 Å². The van der Waals surface area contributed by atoms with Crippen molar-refractivity contribution in [3.05, 3.63) is 172 Å². The van der Waals surface area contributed by atoms with E-state index in [9.17, 15) is 0 Å². The molecule has 7 aromatic rings. The Balaban J connectivity index is 1.48. The lowest BCUT2D eigenvalue weighted by molar-refractivity contribution is 0.583. The smallest absolute Gasteiger partial charge is 0.164 e. The second kappa shape index (κ2) is 13.2. The summed E-state index contributed by atoms with van der Waals surface area (Å²) in [6.45, 7) is 28.0. The van der Waals surface area contributed by atoms with Crippen LogP contribution in [0.25, 0.3) is 56.4 Å². The number of hydrogen-bond acceptors (Lipinski definition) is 3. The van der Waals surface area contributed by atoms with Gasteiger partial charge in [-0.05, 0) is 94.5 Å². The Hall–Kier alpha value is -5.67. The Morgan fingerprint density at radius 3 is 1.08 bits per heavy atom. The van der Waals surface area contributed by atoms with Crippen LogP contribution in [0, 0.1) is 0 Å². The number of nitrogens with zero attached hydrogens (tertiary/aromatic N) is 3. The Kier molecular flexibility index (Phi) is 8.66. The number of hydrogen-bond donors (Lipinski definition) is 0. The molecule has 0 atom stereocenters. The van der Waals surface area contributed by atoms with E-state index in [1.807, 2.05) is 12.1 Å². The first-order valence-electron chi connectivity index (χ1n) is 21.3. The van der Waals surface area contributed by atoms with Gasteiger partial charge in [0.25, 0.3) is 0 Å². The zero-order valence-electron chi connectivity index (χ0n) is 37.0. The van der Waals surface area contributed by atoms with E-state index in [4.69, 9.17) is 15.0 Å². The molecule has 0 saturated carbocycles. The molecule has 0 unspecified atom stereocenters. The van der Waals surface area contributed by atoms with E-state index in [-0.39, 0.29) is 21.7 Å².